The van der Waals surface area contributed by atoms with Gasteiger partial charge >= 0.3 is 0 Å². The highest BCUT2D eigenvalue weighted by Crippen LogP contribution is 2.22. The monoisotopic (exact) mass is 279 g/mol. The Morgan fingerprint density at radius 3 is 1.83 bits per heavy atom. The van der Waals surface area contributed by atoms with E-state index in [2.05, 4.69) is 20.8 Å². The second-order valence-electron chi connectivity index (χ2n) is 6.88. The highest BCUT2D eigenvalue weighted by Gasteiger charge is 2.29. The van der Waals surface area contributed by atoms with E-state index in [4.69, 9.17) is 4.74 Å². The van der Waals surface area contributed by atoms with E-state index < -0.39 is 15.6 Å². The van der Waals surface area contributed by atoms with Crippen LogP contribution < -0.4 is 0 Å². The van der Waals surface area contributed by atoms with Crippen LogP contribution in [0.5, 0.6) is 0 Å². The van der Waals surface area contributed by atoms with Crippen LogP contribution in [0.1, 0.15) is 48.5 Å². The van der Waals surface area contributed by atoms with Gasteiger partial charge in [-0.1, -0.05) is 20.8 Å². The molecule has 0 unspecified atom stereocenters. The third-order valence-electron chi connectivity index (χ3n) is 3.03. The molecule has 0 aromatic carbocycles. The summed E-state index contributed by atoms with van der Waals surface area (Å²) in [7, 11) is -3.20. The van der Waals surface area contributed by atoms with Crippen LogP contribution in [0, 0.1) is 5.41 Å². The molecule has 1 atom stereocenters. The van der Waals surface area contributed by atoms with Crippen LogP contribution in [0.15, 0.2) is 0 Å². The van der Waals surface area contributed by atoms with Crippen molar-refractivity contribution < 1.29 is 13.2 Å². The van der Waals surface area contributed by atoms with Crippen molar-refractivity contribution in [3.05, 3.63) is 0 Å². The molecule has 0 aromatic heterocycles. The second-order valence-corrected chi connectivity index (χ2v) is 8.79. The lowest BCUT2D eigenvalue weighted by Gasteiger charge is -2.34. The largest absolute Gasteiger partial charge is 0.377 e. The van der Waals surface area contributed by atoms with Crippen LogP contribution in [0.2, 0.25) is 0 Å². The molecule has 5 heteroatoms. The number of hydrogen-bond donors (Lipinski definition) is 0. The highest BCUT2D eigenvalue weighted by atomic mass is 32.2. The van der Waals surface area contributed by atoms with Crippen LogP contribution in [0.3, 0.4) is 0 Å². The Labute approximate surface area is 113 Å². The number of nitrogens with zero attached hydrogens (tertiary/aromatic N) is 1. The van der Waals surface area contributed by atoms with Crippen molar-refractivity contribution in [2.24, 2.45) is 5.41 Å². The van der Waals surface area contributed by atoms with Crippen molar-refractivity contribution in [1.29, 1.82) is 0 Å². The molecule has 0 amide bonds. The van der Waals surface area contributed by atoms with Crippen LogP contribution in [0.25, 0.3) is 0 Å². The summed E-state index contributed by atoms with van der Waals surface area (Å²) in [4.78, 5) is 0. The standard InChI is InChI=1S/C13H29NO3S/c1-11(12(2,3)4)17-10-9-14(13(5,6)7)18(8,15)16/h11H,9-10H2,1-8H3/t11-/m0/s1. The SMILES string of the molecule is C[C@H](OCCN(C(C)(C)C)S(C)(=O)=O)C(C)(C)C. The van der Waals surface area contributed by atoms with Crippen LogP contribution >= 0.6 is 0 Å². The lowest BCUT2D eigenvalue weighted by molar-refractivity contribution is -0.0121. The molecule has 0 rings (SSSR count). The zero-order valence-electron chi connectivity index (χ0n) is 13.1. The van der Waals surface area contributed by atoms with Crippen molar-refractivity contribution in [1.82, 2.24) is 4.31 Å². The average molecular weight is 279 g/mol. The zero-order valence-corrected chi connectivity index (χ0v) is 13.9. The maximum atomic E-state index is 11.7. The molecule has 0 radical (unpaired) electrons. The lowest BCUT2D eigenvalue weighted by atomic mass is 9.90. The molecule has 0 aliphatic heterocycles. The Hall–Kier alpha value is -0.130. The molecule has 0 spiro atoms. The summed E-state index contributed by atoms with van der Waals surface area (Å²) in [5, 5.41) is 0. The molecule has 0 aromatic rings. The van der Waals surface area contributed by atoms with Gasteiger partial charge in [0.05, 0.1) is 19.0 Å². The first-order valence-electron chi connectivity index (χ1n) is 6.35. The molecular formula is C13H29NO3S. The van der Waals surface area contributed by atoms with Gasteiger partial charge in [0, 0.05) is 12.1 Å². The van der Waals surface area contributed by atoms with Crippen molar-refractivity contribution in [2.45, 2.75) is 60.1 Å². The van der Waals surface area contributed by atoms with E-state index in [0.717, 1.165) is 0 Å². The van der Waals surface area contributed by atoms with Crippen LogP contribution in [0.4, 0.5) is 0 Å². The third-order valence-corrected chi connectivity index (χ3v) is 4.56. The molecule has 0 N–H and O–H groups in total. The van der Waals surface area contributed by atoms with E-state index in [-0.39, 0.29) is 11.5 Å². The number of sulfonamides is 1. The summed E-state index contributed by atoms with van der Waals surface area (Å²) in [5.74, 6) is 0. The van der Waals surface area contributed by atoms with Gasteiger partial charge in [-0.2, -0.15) is 4.31 Å². The highest BCUT2D eigenvalue weighted by molar-refractivity contribution is 7.88. The van der Waals surface area contributed by atoms with Gasteiger partial charge < -0.3 is 4.74 Å². The van der Waals surface area contributed by atoms with E-state index in [9.17, 15) is 8.42 Å². The molecule has 0 aliphatic rings. The fraction of sp³-hybridized carbons (Fsp3) is 1.00. The maximum Gasteiger partial charge on any atom is 0.211 e. The van der Waals surface area contributed by atoms with Gasteiger partial charge in [0.2, 0.25) is 10.0 Å². The van der Waals surface area contributed by atoms with Crippen LogP contribution in [-0.4, -0.2) is 43.8 Å². The Balaban J connectivity index is 4.50. The van der Waals surface area contributed by atoms with Gasteiger partial charge in [-0.25, -0.2) is 8.42 Å². The van der Waals surface area contributed by atoms with Crippen LogP contribution in [-0.2, 0) is 14.8 Å². The number of ether oxygens (including phenoxy) is 1. The minimum Gasteiger partial charge on any atom is -0.377 e. The molecule has 0 bridgehead atoms. The number of hydrogen-bond acceptors (Lipinski definition) is 3. The van der Waals surface area contributed by atoms with Gasteiger partial charge in [0.25, 0.3) is 0 Å². The summed E-state index contributed by atoms with van der Waals surface area (Å²) in [5.41, 5.74) is -0.348. The Kier molecular flexibility index (Phi) is 5.84. The topological polar surface area (TPSA) is 46.6 Å². The maximum absolute atomic E-state index is 11.7. The van der Waals surface area contributed by atoms with Gasteiger partial charge in [-0.15, -0.1) is 0 Å². The van der Waals surface area contributed by atoms with Gasteiger partial charge in [-0.3, -0.25) is 0 Å². The molecular weight excluding hydrogens is 250 g/mol. The average Bonchev–Trinajstić information content (AvgIpc) is 2.05. The summed E-state index contributed by atoms with van der Waals surface area (Å²) in [6.07, 6.45) is 1.34. The molecule has 0 saturated heterocycles. The van der Waals surface area contributed by atoms with Crippen molar-refractivity contribution in [2.75, 3.05) is 19.4 Å². The number of rotatable bonds is 5. The minimum atomic E-state index is -3.20. The summed E-state index contributed by atoms with van der Waals surface area (Å²) in [6.45, 7) is 14.8. The molecule has 18 heavy (non-hydrogen) atoms. The third kappa shape index (κ3) is 6.16. The van der Waals surface area contributed by atoms with E-state index in [0.29, 0.717) is 13.2 Å². The fourth-order valence-electron chi connectivity index (χ4n) is 1.56. The molecule has 0 heterocycles. The van der Waals surface area contributed by atoms with E-state index >= 15 is 0 Å². The Morgan fingerprint density at radius 2 is 1.56 bits per heavy atom. The van der Waals surface area contributed by atoms with E-state index in [1.54, 1.807) is 0 Å². The molecule has 4 nitrogen and oxygen atoms in total. The molecule has 0 aliphatic carbocycles. The molecule has 0 saturated carbocycles. The zero-order chi connectivity index (χ0) is 14.8. The van der Waals surface area contributed by atoms with Crippen molar-refractivity contribution in [3.8, 4) is 0 Å². The van der Waals surface area contributed by atoms with Crippen molar-refractivity contribution >= 4 is 10.0 Å². The fourth-order valence-corrected chi connectivity index (χ4v) is 2.96. The quantitative estimate of drug-likeness (QED) is 0.777. The summed E-state index contributed by atoms with van der Waals surface area (Å²) in [6, 6.07) is 0. The lowest BCUT2D eigenvalue weighted by Crippen LogP contribution is -2.47. The first kappa shape index (κ1) is 17.9. The molecule has 110 valence electrons. The van der Waals surface area contributed by atoms with Crippen molar-refractivity contribution in [3.63, 3.8) is 0 Å². The first-order valence-corrected chi connectivity index (χ1v) is 8.20. The van der Waals surface area contributed by atoms with E-state index in [1.165, 1.54) is 10.6 Å². The van der Waals surface area contributed by atoms with Gasteiger partial charge in [-0.05, 0) is 33.1 Å². The molecule has 0 fully saturated rings. The Morgan fingerprint density at radius 1 is 1.11 bits per heavy atom. The predicted molar refractivity (Wildman–Crippen MR) is 76.2 cm³/mol. The smallest absolute Gasteiger partial charge is 0.211 e. The Bertz CT molecular complexity index is 349. The van der Waals surface area contributed by atoms with Gasteiger partial charge in [0.15, 0.2) is 0 Å². The summed E-state index contributed by atoms with van der Waals surface area (Å²) >= 11 is 0. The summed E-state index contributed by atoms with van der Waals surface area (Å²) < 4.78 is 30.6. The predicted octanol–water partition coefficient (Wildman–Crippen LogP) is 2.50. The minimum absolute atomic E-state index is 0.0671. The second kappa shape index (κ2) is 5.88. The van der Waals surface area contributed by atoms with Gasteiger partial charge in [0.1, 0.15) is 0 Å². The van der Waals surface area contributed by atoms with E-state index in [1.807, 2.05) is 27.7 Å². The normalized spacial score (nSPS) is 16.1. The first-order chi connectivity index (χ1) is 7.76.